The van der Waals surface area contributed by atoms with Gasteiger partial charge in [-0.05, 0) is 31.0 Å². The molecule has 0 saturated carbocycles. The van der Waals surface area contributed by atoms with Crippen LogP contribution in [0.15, 0.2) is 18.2 Å². The second-order valence-electron chi connectivity index (χ2n) is 3.72. The summed E-state index contributed by atoms with van der Waals surface area (Å²) in [5.41, 5.74) is 2.55. The molecule has 1 aromatic heterocycles. The average Bonchev–Trinajstić information content (AvgIpc) is 2.22. The molecule has 1 aromatic carbocycles. The van der Waals surface area contributed by atoms with E-state index in [2.05, 4.69) is 4.98 Å². The van der Waals surface area contributed by atoms with Crippen molar-refractivity contribution in [3.05, 3.63) is 40.0 Å². The molecule has 0 radical (unpaired) electrons. The topological polar surface area (TPSA) is 50.2 Å². The van der Waals surface area contributed by atoms with Crippen LogP contribution in [0.2, 0.25) is 5.02 Å². The lowest BCUT2D eigenvalue weighted by molar-refractivity contribution is 0.0691. The van der Waals surface area contributed by atoms with Crippen molar-refractivity contribution in [3.8, 4) is 0 Å². The number of aromatic carboxylic acids is 1. The Morgan fingerprint density at radius 3 is 2.56 bits per heavy atom. The normalized spacial score (nSPS) is 10.7. The van der Waals surface area contributed by atoms with Crippen LogP contribution in [0.3, 0.4) is 0 Å². The van der Waals surface area contributed by atoms with E-state index < -0.39 is 5.97 Å². The Bertz CT molecular complexity index is 593. The quantitative estimate of drug-likeness (QED) is 0.826. The van der Waals surface area contributed by atoms with E-state index in [4.69, 9.17) is 16.7 Å². The summed E-state index contributed by atoms with van der Waals surface area (Å²) in [5, 5.41) is 10.2. The zero-order valence-corrected chi connectivity index (χ0v) is 9.67. The summed E-state index contributed by atoms with van der Waals surface area (Å²) in [6, 6.07) is 5.25. The molecule has 0 unspecified atom stereocenters. The van der Waals surface area contributed by atoms with Gasteiger partial charge in [0.2, 0.25) is 0 Å². The van der Waals surface area contributed by atoms with Crippen LogP contribution in [0.5, 0.6) is 0 Å². The first-order chi connectivity index (χ1) is 7.50. The van der Waals surface area contributed by atoms with E-state index in [1.54, 1.807) is 0 Å². The van der Waals surface area contributed by atoms with Crippen LogP contribution in [0, 0.1) is 13.8 Å². The lowest BCUT2D eigenvalue weighted by atomic mass is 10.1. The Balaban J connectivity index is 2.92. The summed E-state index contributed by atoms with van der Waals surface area (Å²) in [7, 11) is 0. The van der Waals surface area contributed by atoms with Gasteiger partial charge >= 0.3 is 5.97 Å². The Hall–Kier alpha value is -1.61. The number of rotatable bonds is 1. The monoisotopic (exact) mass is 235 g/mol. The second-order valence-corrected chi connectivity index (χ2v) is 4.12. The molecule has 0 bridgehead atoms. The van der Waals surface area contributed by atoms with Gasteiger partial charge in [0, 0.05) is 5.39 Å². The molecule has 0 spiro atoms. The summed E-state index contributed by atoms with van der Waals surface area (Å²) in [6.45, 7) is 3.81. The molecule has 1 heterocycles. The maximum atomic E-state index is 10.9. The van der Waals surface area contributed by atoms with Crippen LogP contribution < -0.4 is 0 Å². The molecule has 82 valence electrons. The summed E-state index contributed by atoms with van der Waals surface area (Å²) in [6.07, 6.45) is 0. The van der Waals surface area contributed by atoms with Crippen molar-refractivity contribution in [3.63, 3.8) is 0 Å². The van der Waals surface area contributed by atoms with Crippen LogP contribution in [-0.2, 0) is 0 Å². The third-order valence-corrected chi connectivity index (χ3v) is 2.84. The summed E-state index contributed by atoms with van der Waals surface area (Å²) >= 11 is 6.08. The molecule has 0 atom stereocenters. The molecule has 0 aliphatic carbocycles. The first-order valence-corrected chi connectivity index (χ1v) is 5.18. The van der Waals surface area contributed by atoms with Gasteiger partial charge in [-0.1, -0.05) is 23.7 Å². The van der Waals surface area contributed by atoms with Crippen LogP contribution in [-0.4, -0.2) is 16.1 Å². The summed E-state index contributed by atoms with van der Waals surface area (Å²) < 4.78 is 0. The highest BCUT2D eigenvalue weighted by atomic mass is 35.5. The molecule has 2 aromatic rings. The molecule has 16 heavy (non-hydrogen) atoms. The number of hydrogen-bond acceptors (Lipinski definition) is 2. The second kappa shape index (κ2) is 3.76. The number of nitrogens with zero attached hydrogens (tertiary/aromatic N) is 1. The van der Waals surface area contributed by atoms with Crippen LogP contribution in [0.25, 0.3) is 10.9 Å². The Morgan fingerprint density at radius 2 is 1.94 bits per heavy atom. The lowest BCUT2D eigenvalue weighted by Gasteiger charge is -2.07. The van der Waals surface area contributed by atoms with Crippen molar-refractivity contribution in [2.24, 2.45) is 0 Å². The van der Waals surface area contributed by atoms with Gasteiger partial charge in [-0.2, -0.15) is 0 Å². The molecule has 3 nitrogen and oxygen atoms in total. The molecule has 0 aliphatic heterocycles. The standard InChI is InChI=1S/C12H10ClNO2/c1-6-3-4-7(2)11-10(6)8(13)5-9(14-11)12(15)16/h3-5H,1-2H3,(H,15,16). The van der Waals surface area contributed by atoms with E-state index >= 15 is 0 Å². The van der Waals surface area contributed by atoms with Gasteiger partial charge in [-0.3, -0.25) is 0 Å². The fraction of sp³-hybridized carbons (Fsp3) is 0.167. The minimum Gasteiger partial charge on any atom is -0.477 e. The number of carboxylic acids is 1. The van der Waals surface area contributed by atoms with Crippen molar-refractivity contribution in [1.29, 1.82) is 0 Å². The number of aromatic nitrogens is 1. The van der Waals surface area contributed by atoms with Crippen molar-refractivity contribution in [1.82, 2.24) is 4.98 Å². The fourth-order valence-corrected chi connectivity index (χ4v) is 2.04. The molecular weight excluding hydrogens is 226 g/mol. The van der Waals surface area contributed by atoms with Crippen molar-refractivity contribution in [2.75, 3.05) is 0 Å². The van der Waals surface area contributed by atoms with E-state index in [1.165, 1.54) is 6.07 Å². The van der Waals surface area contributed by atoms with Gasteiger partial charge in [-0.25, -0.2) is 9.78 Å². The van der Waals surface area contributed by atoms with Gasteiger partial charge < -0.3 is 5.11 Å². The largest absolute Gasteiger partial charge is 0.477 e. The fourth-order valence-electron chi connectivity index (χ4n) is 1.70. The zero-order valence-electron chi connectivity index (χ0n) is 8.91. The third kappa shape index (κ3) is 1.63. The first-order valence-electron chi connectivity index (χ1n) is 4.80. The van der Waals surface area contributed by atoms with Gasteiger partial charge in [0.15, 0.2) is 0 Å². The van der Waals surface area contributed by atoms with Crippen molar-refractivity contribution >= 4 is 28.5 Å². The number of benzene rings is 1. The highest BCUT2D eigenvalue weighted by molar-refractivity contribution is 6.36. The lowest BCUT2D eigenvalue weighted by Crippen LogP contribution is -2.01. The highest BCUT2D eigenvalue weighted by Crippen LogP contribution is 2.28. The van der Waals surface area contributed by atoms with E-state index in [-0.39, 0.29) is 5.69 Å². The van der Waals surface area contributed by atoms with Crippen LogP contribution in [0.1, 0.15) is 21.6 Å². The summed E-state index contributed by atoms with van der Waals surface area (Å²) in [5.74, 6) is -1.07. The highest BCUT2D eigenvalue weighted by Gasteiger charge is 2.12. The molecular formula is C12H10ClNO2. The zero-order chi connectivity index (χ0) is 11.9. The molecule has 0 amide bonds. The molecule has 1 N–H and O–H groups in total. The van der Waals surface area contributed by atoms with Gasteiger partial charge in [0.25, 0.3) is 0 Å². The maximum absolute atomic E-state index is 10.9. The summed E-state index contributed by atoms with van der Waals surface area (Å²) in [4.78, 5) is 15.0. The van der Waals surface area contributed by atoms with Crippen molar-refractivity contribution in [2.45, 2.75) is 13.8 Å². The number of fused-ring (bicyclic) bond motifs is 1. The van der Waals surface area contributed by atoms with E-state index in [0.717, 1.165) is 16.5 Å². The third-order valence-electron chi connectivity index (χ3n) is 2.54. The van der Waals surface area contributed by atoms with Gasteiger partial charge in [-0.15, -0.1) is 0 Å². The van der Waals surface area contributed by atoms with Gasteiger partial charge in [0.1, 0.15) is 5.69 Å². The SMILES string of the molecule is Cc1ccc(C)c2c(Cl)cc(C(=O)O)nc12. The van der Waals surface area contributed by atoms with Crippen molar-refractivity contribution < 1.29 is 9.90 Å². The minimum atomic E-state index is -1.07. The van der Waals surface area contributed by atoms with Gasteiger partial charge in [0.05, 0.1) is 10.5 Å². The predicted molar refractivity (Wildman–Crippen MR) is 63.2 cm³/mol. The van der Waals surface area contributed by atoms with E-state index in [1.807, 2.05) is 26.0 Å². The Kier molecular flexibility index (Phi) is 2.56. The average molecular weight is 236 g/mol. The molecule has 0 aliphatic rings. The minimum absolute atomic E-state index is 0.0220. The van der Waals surface area contributed by atoms with E-state index in [9.17, 15) is 4.79 Å². The maximum Gasteiger partial charge on any atom is 0.354 e. The molecule has 0 fully saturated rings. The van der Waals surface area contributed by atoms with E-state index in [0.29, 0.717) is 10.5 Å². The number of hydrogen-bond donors (Lipinski definition) is 1. The van der Waals surface area contributed by atoms with Crippen LogP contribution >= 0.6 is 11.6 Å². The number of pyridine rings is 1. The predicted octanol–water partition coefficient (Wildman–Crippen LogP) is 3.20. The smallest absolute Gasteiger partial charge is 0.354 e. The Labute approximate surface area is 97.7 Å². The molecule has 0 saturated heterocycles. The number of carbonyl (C=O) groups is 1. The van der Waals surface area contributed by atoms with Crippen LogP contribution in [0.4, 0.5) is 0 Å². The number of halogens is 1. The number of aryl methyl sites for hydroxylation is 2. The molecule has 4 heteroatoms. The molecule has 2 rings (SSSR count). The number of carboxylic acid groups (broad SMARTS) is 1. The Morgan fingerprint density at radius 1 is 1.31 bits per heavy atom. The first kappa shape index (κ1) is 10.9.